The molecule has 0 spiro atoms. The highest BCUT2D eigenvalue weighted by atomic mass is 16.4. The number of nitrogens with zero attached hydrogens (tertiary/aromatic N) is 1. The van der Waals surface area contributed by atoms with Gasteiger partial charge in [0.1, 0.15) is 18.1 Å². The summed E-state index contributed by atoms with van der Waals surface area (Å²) in [5, 5.41) is 26.5. The average Bonchev–Trinajstić information content (AvgIpc) is 3.38. The number of hydrogen-bond acceptors (Lipinski definition) is 7. The highest BCUT2D eigenvalue weighted by Crippen LogP contribution is 2.10. The quantitative estimate of drug-likeness (QED) is 0.172. The van der Waals surface area contributed by atoms with Crippen LogP contribution in [0.4, 0.5) is 0 Å². The lowest BCUT2D eigenvalue weighted by Gasteiger charge is -2.27. The minimum Gasteiger partial charge on any atom is -0.480 e. The van der Waals surface area contributed by atoms with Crippen LogP contribution < -0.4 is 21.7 Å². The van der Waals surface area contributed by atoms with Gasteiger partial charge in [0.25, 0.3) is 0 Å². The molecule has 0 saturated carbocycles. The number of carboxylic acids is 1. The third-order valence-corrected chi connectivity index (χ3v) is 5.84. The fourth-order valence-corrected chi connectivity index (χ4v) is 3.47. The topological polar surface area (TPSA) is 200 Å². The monoisotopic (exact) mass is 502 g/mol. The van der Waals surface area contributed by atoms with Gasteiger partial charge in [-0.15, -0.1) is 0 Å². The molecule has 0 aliphatic rings. The van der Waals surface area contributed by atoms with E-state index in [9.17, 15) is 29.4 Å². The second-order valence-corrected chi connectivity index (χ2v) is 8.59. The highest BCUT2D eigenvalue weighted by Gasteiger charge is 2.32. The van der Waals surface area contributed by atoms with E-state index in [4.69, 9.17) is 5.73 Å². The number of aromatic nitrogens is 2. The van der Waals surface area contributed by atoms with Crippen molar-refractivity contribution in [1.82, 2.24) is 25.9 Å². The van der Waals surface area contributed by atoms with Gasteiger partial charge in [0.2, 0.25) is 17.7 Å². The number of carboxylic acid groups (broad SMARTS) is 1. The van der Waals surface area contributed by atoms with Crippen molar-refractivity contribution < 1.29 is 29.4 Å². The molecule has 0 saturated heterocycles. The number of carbonyl (C=O) groups excluding carboxylic acids is 3. The third kappa shape index (κ3) is 8.47. The number of nitrogens with two attached hydrogens (primary N) is 1. The van der Waals surface area contributed by atoms with Crippen LogP contribution in [0.15, 0.2) is 42.9 Å². The largest absolute Gasteiger partial charge is 0.480 e. The Morgan fingerprint density at radius 3 is 2.22 bits per heavy atom. The molecule has 2 rings (SSSR count). The number of aliphatic carboxylic acids is 1. The molecule has 0 bridgehead atoms. The Balaban J connectivity index is 2.04. The zero-order chi connectivity index (χ0) is 26.7. The van der Waals surface area contributed by atoms with Gasteiger partial charge < -0.3 is 36.9 Å². The number of carbonyl (C=O) groups is 4. The summed E-state index contributed by atoms with van der Waals surface area (Å²) in [6.07, 6.45) is 3.54. The summed E-state index contributed by atoms with van der Waals surface area (Å²) < 4.78 is 0. The maximum absolute atomic E-state index is 13.0. The fraction of sp³-hybridized carbons (Fsp3) is 0.458. The average molecular weight is 503 g/mol. The summed E-state index contributed by atoms with van der Waals surface area (Å²) in [6.45, 7) is 2.82. The number of imidazole rings is 1. The first kappa shape index (κ1) is 28.5. The maximum Gasteiger partial charge on any atom is 0.326 e. The van der Waals surface area contributed by atoms with Crippen LogP contribution in [0.1, 0.15) is 31.5 Å². The third-order valence-electron chi connectivity index (χ3n) is 5.84. The van der Waals surface area contributed by atoms with Gasteiger partial charge in [0.05, 0.1) is 19.0 Å². The summed E-state index contributed by atoms with van der Waals surface area (Å²) in [5.41, 5.74) is 7.39. The SMILES string of the molecule is CCC(C)C(NC(=O)C(N)Cc1ccccc1)C(=O)NC(CO)C(=O)NC(Cc1cnc[nH]1)C(=O)O. The van der Waals surface area contributed by atoms with Crippen molar-refractivity contribution in [2.24, 2.45) is 11.7 Å². The van der Waals surface area contributed by atoms with Crippen molar-refractivity contribution in [3.63, 3.8) is 0 Å². The highest BCUT2D eigenvalue weighted by molar-refractivity contribution is 5.94. The minimum atomic E-state index is -1.43. The molecule has 36 heavy (non-hydrogen) atoms. The number of aliphatic hydroxyl groups is 1. The standard InChI is InChI=1S/C24H34N6O6/c1-3-14(2)20(30-21(32)17(25)9-15-7-5-4-6-8-15)23(34)29-19(12-31)22(33)28-18(24(35)36)10-16-11-26-13-27-16/h4-8,11,13-14,17-20,31H,3,9-10,12,25H2,1-2H3,(H,26,27)(H,28,33)(H,29,34)(H,30,32)(H,35,36). The summed E-state index contributed by atoms with van der Waals surface area (Å²) >= 11 is 0. The molecule has 0 fully saturated rings. The van der Waals surface area contributed by atoms with E-state index in [1.165, 1.54) is 12.5 Å². The van der Waals surface area contributed by atoms with Gasteiger partial charge in [-0.05, 0) is 17.9 Å². The van der Waals surface area contributed by atoms with Crippen molar-refractivity contribution in [3.8, 4) is 0 Å². The van der Waals surface area contributed by atoms with Crippen molar-refractivity contribution in [2.75, 3.05) is 6.61 Å². The predicted octanol–water partition coefficient (Wildman–Crippen LogP) is -0.900. The Labute approximate surface area is 209 Å². The Morgan fingerprint density at radius 2 is 1.67 bits per heavy atom. The molecule has 12 heteroatoms. The normalized spacial score (nSPS) is 15.1. The van der Waals surface area contributed by atoms with E-state index in [1.807, 2.05) is 37.3 Å². The van der Waals surface area contributed by atoms with Crippen molar-refractivity contribution in [1.29, 1.82) is 0 Å². The van der Waals surface area contributed by atoms with Gasteiger partial charge in [0, 0.05) is 18.3 Å². The van der Waals surface area contributed by atoms with Crippen LogP contribution in [-0.2, 0) is 32.0 Å². The van der Waals surface area contributed by atoms with E-state index in [1.54, 1.807) is 6.92 Å². The number of aliphatic hydroxyl groups excluding tert-OH is 1. The summed E-state index contributed by atoms with van der Waals surface area (Å²) in [5.74, 6) is -3.72. The van der Waals surface area contributed by atoms with Crippen LogP contribution in [0.3, 0.4) is 0 Å². The molecular weight excluding hydrogens is 468 g/mol. The lowest BCUT2D eigenvalue weighted by atomic mass is 9.97. The van der Waals surface area contributed by atoms with Gasteiger partial charge in [-0.25, -0.2) is 9.78 Å². The first-order valence-corrected chi connectivity index (χ1v) is 11.7. The first-order chi connectivity index (χ1) is 17.2. The Morgan fingerprint density at radius 1 is 1.00 bits per heavy atom. The molecule has 12 nitrogen and oxygen atoms in total. The molecule has 3 amide bonds. The Kier molecular flexibility index (Phi) is 11.0. The van der Waals surface area contributed by atoms with E-state index in [0.29, 0.717) is 12.1 Å². The molecule has 196 valence electrons. The van der Waals surface area contributed by atoms with E-state index in [2.05, 4.69) is 25.9 Å². The molecule has 5 unspecified atom stereocenters. The lowest BCUT2D eigenvalue weighted by Crippen LogP contribution is -2.59. The fourth-order valence-electron chi connectivity index (χ4n) is 3.47. The van der Waals surface area contributed by atoms with Crippen LogP contribution in [0, 0.1) is 5.92 Å². The van der Waals surface area contributed by atoms with Gasteiger partial charge in [-0.3, -0.25) is 14.4 Å². The zero-order valence-electron chi connectivity index (χ0n) is 20.3. The molecule has 0 radical (unpaired) electrons. The van der Waals surface area contributed by atoms with Crippen LogP contribution >= 0.6 is 0 Å². The molecule has 8 N–H and O–H groups in total. The van der Waals surface area contributed by atoms with E-state index >= 15 is 0 Å². The second kappa shape index (κ2) is 14.0. The van der Waals surface area contributed by atoms with Crippen molar-refractivity contribution in [3.05, 3.63) is 54.1 Å². The number of rotatable bonds is 14. The second-order valence-electron chi connectivity index (χ2n) is 8.59. The maximum atomic E-state index is 13.0. The summed E-state index contributed by atoms with van der Waals surface area (Å²) in [7, 11) is 0. The van der Waals surface area contributed by atoms with Crippen LogP contribution in [-0.4, -0.2) is 74.6 Å². The number of benzene rings is 1. The lowest BCUT2D eigenvalue weighted by molar-refractivity contribution is -0.142. The number of nitrogens with one attached hydrogen (secondary N) is 4. The predicted molar refractivity (Wildman–Crippen MR) is 130 cm³/mol. The van der Waals surface area contributed by atoms with Crippen molar-refractivity contribution >= 4 is 23.7 Å². The number of aromatic amines is 1. The molecule has 1 aromatic heterocycles. The van der Waals surface area contributed by atoms with Crippen LogP contribution in [0.5, 0.6) is 0 Å². The van der Waals surface area contributed by atoms with Gasteiger partial charge in [-0.1, -0.05) is 50.6 Å². The Bertz CT molecular complexity index is 1000. The van der Waals surface area contributed by atoms with E-state index < -0.39 is 54.5 Å². The Hall–Kier alpha value is -3.77. The van der Waals surface area contributed by atoms with Crippen molar-refractivity contribution in [2.45, 2.75) is 57.3 Å². The summed E-state index contributed by atoms with van der Waals surface area (Å²) in [6, 6.07) is 4.53. The van der Waals surface area contributed by atoms with E-state index in [0.717, 1.165) is 5.56 Å². The molecule has 5 atom stereocenters. The summed E-state index contributed by atoms with van der Waals surface area (Å²) in [4.78, 5) is 56.6. The smallest absolute Gasteiger partial charge is 0.326 e. The molecule has 0 aliphatic carbocycles. The zero-order valence-corrected chi connectivity index (χ0v) is 20.3. The van der Waals surface area contributed by atoms with Gasteiger partial charge in [0.15, 0.2) is 0 Å². The number of hydrogen-bond donors (Lipinski definition) is 7. The number of amides is 3. The van der Waals surface area contributed by atoms with Crippen LogP contribution in [0.2, 0.25) is 0 Å². The number of H-pyrrole nitrogens is 1. The molecular formula is C24H34N6O6. The molecule has 0 aliphatic heterocycles. The minimum absolute atomic E-state index is 0.0714. The van der Waals surface area contributed by atoms with E-state index in [-0.39, 0.29) is 18.8 Å². The van der Waals surface area contributed by atoms with Crippen LogP contribution in [0.25, 0.3) is 0 Å². The molecule has 2 aromatic rings. The first-order valence-electron chi connectivity index (χ1n) is 11.7. The molecule has 1 heterocycles. The molecule has 1 aromatic carbocycles. The van der Waals surface area contributed by atoms with Gasteiger partial charge in [-0.2, -0.15) is 0 Å². The van der Waals surface area contributed by atoms with Gasteiger partial charge >= 0.3 is 5.97 Å².